The first-order chi connectivity index (χ1) is 13.0. The molecule has 27 heavy (non-hydrogen) atoms. The molecular formula is C20H18N2O5. The number of aromatic carboxylic acids is 1. The number of rotatable bonds is 6. The Kier molecular flexibility index (Phi) is 5.21. The smallest absolute Gasteiger partial charge is 0.341 e. The van der Waals surface area contributed by atoms with Gasteiger partial charge in [0, 0.05) is 17.3 Å². The molecule has 7 nitrogen and oxygen atoms in total. The van der Waals surface area contributed by atoms with E-state index < -0.39 is 11.9 Å². The average molecular weight is 366 g/mol. The number of carboxylic acid groups (broad SMARTS) is 1. The van der Waals surface area contributed by atoms with Gasteiger partial charge in [0.1, 0.15) is 16.8 Å². The normalized spacial score (nSPS) is 10.4. The highest BCUT2D eigenvalue weighted by molar-refractivity contribution is 6.07. The Morgan fingerprint density at radius 1 is 1.19 bits per heavy atom. The summed E-state index contributed by atoms with van der Waals surface area (Å²) in [6, 6.07) is 11.7. The lowest BCUT2D eigenvalue weighted by Crippen LogP contribution is -2.09. The number of nitrogens with one attached hydrogen (secondary N) is 1. The number of anilines is 2. The second-order valence-electron chi connectivity index (χ2n) is 5.63. The lowest BCUT2D eigenvalue weighted by molar-refractivity contribution is 0.0526. The number of carbonyl (C=O) groups excluding carboxylic acids is 1. The van der Waals surface area contributed by atoms with Gasteiger partial charge in [-0.1, -0.05) is 18.2 Å². The highest BCUT2D eigenvalue weighted by atomic mass is 16.5. The number of carbonyl (C=O) groups is 2. The van der Waals surface area contributed by atoms with Crippen LogP contribution in [0.15, 0.2) is 48.7 Å². The van der Waals surface area contributed by atoms with Crippen LogP contribution < -0.4 is 10.1 Å². The highest BCUT2D eigenvalue weighted by Gasteiger charge is 2.19. The standard InChI is InChI=1S/C20H18N2O5/c1-3-27-20(25)15-11-21-18-14(8-5-9-16(18)26-2)17(15)22-13-7-4-6-12(10-13)19(23)24/h4-11H,3H2,1-2H3,(H,21,22)(H,23,24). The summed E-state index contributed by atoms with van der Waals surface area (Å²) in [6.45, 7) is 1.95. The van der Waals surface area contributed by atoms with Gasteiger partial charge in [0.15, 0.2) is 0 Å². The summed E-state index contributed by atoms with van der Waals surface area (Å²) in [5.41, 5.74) is 1.95. The number of methoxy groups -OCH3 is 1. The SMILES string of the molecule is CCOC(=O)c1cnc2c(OC)cccc2c1Nc1cccc(C(=O)O)c1. The molecule has 0 aliphatic carbocycles. The molecule has 0 saturated carbocycles. The molecule has 2 N–H and O–H groups in total. The van der Waals surface area contributed by atoms with Crippen molar-refractivity contribution in [2.45, 2.75) is 6.92 Å². The minimum Gasteiger partial charge on any atom is -0.494 e. The van der Waals surface area contributed by atoms with Gasteiger partial charge in [0.2, 0.25) is 0 Å². The minimum absolute atomic E-state index is 0.133. The van der Waals surface area contributed by atoms with Crippen molar-refractivity contribution < 1.29 is 24.2 Å². The Balaban J connectivity index is 2.18. The minimum atomic E-state index is -1.04. The first-order valence-corrected chi connectivity index (χ1v) is 8.28. The Morgan fingerprint density at radius 2 is 1.96 bits per heavy atom. The number of pyridine rings is 1. The van der Waals surface area contributed by atoms with Crippen LogP contribution in [0.3, 0.4) is 0 Å². The number of hydrogen-bond acceptors (Lipinski definition) is 6. The molecule has 0 aliphatic heterocycles. The molecule has 0 spiro atoms. The fraction of sp³-hybridized carbons (Fsp3) is 0.150. The summed E-state index contributed by atoms with van der Waals surface area (Å²) in [5.74, 6) is -0.998. The van der Waals surface area contributed by atoms with Crippen LogP contribution in [0.5, 0.6) is 5.75 Å². The van der Waals surface area contributed by atoms with Gasteiger partial charge in [-0.15, -0.1) is 0 Å². The molecule has 0 saturated heterocycles. The molecule has 1 aromatic heterocycles. The first-order valence-electron chi connectivity index (χ1n) is 8.28. The molecule has 0 unspecified atom stereocenters. The predicted molar refractivity (Wildman–Crippen MR) is 101 cm³/mol. The second kappa shape index (κ2) is 7.74. The van der Waals surface area contributed by atoms with Crippen LogP contribution in [-0.4, -0.2) is 35.7 Å². The van der Waals surface area contributed by atoms with E-state index in [0.717, 1.165) is 0 Å². The Hall–Kier alpha value is -3.61. The molecule has 0 amide bonds. The monoisotopic (exact) mass is 366 g/mol. The molecule has 3 rings (SSSR count). The Labute approximate surface area is 155 Å². The van der Waals surface area contributed by atoms with Crippen LogP contribution in [0, 0.1) is 0 Å². The number of fused-ring (bicyclic) bond motifs is 1. The molecule has 3 aromatic rings. The topological polar surface area (TPSA) is 97.8 Å². The summed E-state index contributed by atoms with van der Waals surface area (Å²) >= 11 is 0. The van der Waals surface area contributed by atoms with Gasteiger partial charge >= 0.3 is 11.9 Å². The third kappa shape index (κ3) is 3.67. The van der Waals surface area contributed by atoms with Crippen LogP contribution in [0.1, 0.15) is 27.6 Å². The van der Waals surface area contributed by atoms with Crippen molar-refractivity contribution in [2.75, 3.05) is 19.0 Å². The van der Waals surface area contributed by atoms with Gasteiger partial charge in [0.25, 0.3) is 0 Å². The fourth-order valence-electron chi connectivity index (χ4n) is 2.73. The summed E-state index contributed by atoms with van der Waals surface area (Å²) in [6.07, 6.45) is 1.42. The lowest BCUT2D eigenvalue weighted by Gasteiger charge is -2.15. The molecule has 7 heteroatoms. The van der Waals surface area contributed by atoms with Crippen molar-refractivity contribution in [1.29, 1.82) is 0 Å². The molecule has 0 bridgehead atoms. The van der Waals surface area contributed by atoms with Crippen molar-refractivity contribution in [3.8, 4) is 5.75 Å². The van der Waals surface area contributed by atoms with Crippen molar-refractivity contribution >= 4 is 34.2 Å². The van der Waals surface area contributed by atoms with E-state index in [1.807, 2.05) is 0 Å². The molecule has 0 radical (unpaired) electrons. The molecule has 0 fully saturated rings. The summed E-state index contributed by atoms with van der Waals surface area (Å²) in [5, 5.41) is 13.0. The largest absolute Gasteiger partial charge is 0.494 e. The lowest BCUT2D eigenvalue weighted by atomic mass is 10.1. The van der Waals surface area contributed by atoms with E-state index in [1.54, 1.807) is 44.4 Å². The van der Waals surface area contributed by atoms with Crippen molar-refractivity contribution in [3.05, 3.63) is 59.8 Å². The maximum atomic E-state index is 12.4. The van der Waals surface area contributed by atoms with E-state index in [1.165, 1.54) is 18.3 Å². The van der Waals surface area contributed by atoms with E-state index in [0.29, 0.717) is 28.0 Å². The number of carboxylic acids is 1. The van der Waals surface area contributed by atoms with Crippen LogP contribution in [0.25, 0.3) is 10.9 Å². The van der Waals surface area contributed by atoms with E-state index in [9.17, 15) is 14.7 Å². The molecule has 2 aromatic carbocycles. The molecule has 138 valence electrons. The fourth-order valence-corrected chi connectivity index (χ4v) is 2.73. The summed E-state index contributed by atoms with van der Waals surface area (Å²) < 4.78 is 10.5. The second-order valence-corrected chi connectivity index (χ2v) is 5.63. The average Bonchev–Trinajstić information content (AvgIpc) is 2.68. The zero-order valence-corrected chi connectivity index (χ0v) is 14.9. The predicted octanol–water partition coefficient (Wildman–Crippen LogP) is 3.86. The zero-order valence-electron chi connectivity index (χ0n) is 14.9. The highest BCUT2D eigenvalue weighted by Crippen LogP contribution is 2.34. The molecular weight excluding hydrogens is 348 g/mol. The van der Waals surface area contributed by atoms with Crippen molar-refractivity contribution in [2.24, 2.45) is 0 Å². The number of hydrogen-bond donors (Lipinski definition) is 2. The number of esters is 1. The molecule has 0 aliphatic rings. The third-order valence-corrected chi connectivity index (χ3v) is 3.95. The van der Waals surface area contributed by atoms with Crippen LogP contribution in [0.2, 0.25) is 0 Å². The maximum Gasteiger partial charge on any atom is 0.341 e. The van der Waals surface area contributed by atoms with Crippen LogP contribution >= 0.6 is 0 Å². The first kappa shape index (κ1) is 18.2. The third-order valence-electron chi connectivity index (χ3n) is 3.95. The van der Waals surface area contributed by atoms with Gasteiger partial charge < -0.3 is 19.9 Å². The zero-order chi connectivity index (χ0) is 19.4. The van der Waals surface area contributed by atoms with Crippen LogP contribution in [-0.2, 0) is 4.74 Å². The summed E-state index contributed by atoms with van der Waals surface area (Å²) in [7, 11) is 1.54. The molecule has 0 atom stereocenters. The summed E-state index contributed by atoms with van der Waals surface area (Å²) in [4.78, 5) is 28.0. The Morgan fingerprint density at radius 3 is 2.67 bits per heavy atom. The van der Waals surface area contributed by atoms with Gasteiger partial charge in [0.05, 0.1) is 25.0 Å². The van der Waals surface area contributed by atoms with Crippen molar-refractivity contribution in [1.82, 2.24) is 4.98 Å². The number of nitrogens with zero attached hydrogens (tertiary/aromatic N) is 1. The Bertz CT molecular complexity index is 1020. The number of benzene rings is 2. The number of aromatic nitrogens is 1. The van der Waals surface area contributed by atoms with Gasteiger partial charge in [-0.3, -0.25) is 4.98 Å². The van der Waals surface area contributed by atoms with E-state index in [4.69, 9.17) is 9.47 Å². The van der Waals surface area contributed by atoms with E-state index in [-0.39, 0.29) is 17.7 Å². The van der Waals surface area contributed by atoms with Gasteiger partial charge in [-0.2, -0.15) is 0 Å². The quantitative estimate of drug-likeness (QED) is 0.639. The number of ether oxygens (including phenoxy) is 2. The molecule has 1 heterocycles. The maximum absolute atomic E-state index is 12.4. The van der Waals surface area contributed by atoms with Gasteiger partial charge in [-0.25, -0.2) is 9.59 Å². The van der Waals surface area contributed by atoms with Gasteiger partial charge in [-0.05, 0) is 31.2 Å². The number of para-hydroxylation sites is 1. The van der Waals surface area contributed by atoms with E-state index >= 15 is 0 Å². The van der Waals surface area contributed by atoms with Crippen molar-refractivity contribution in [3.63, 3.8) is 0 Å². The van der Waals surface area contributed by atoms with E-state index in [2.05, 4.69) is 10.3 Å². The van der Waals surface area contributed by atoms with Crippen LogP contribution in [0.4, 0.5) is 11.4 Å².